The highest BCUT2D eigenvalue weighted by Crippen LogP contribution is 2.35. The lowest BCUT2D eigenvalue weighted by atomic mass is 10.0. The molecule has 1 atom stereocenters. The zero-order valence-corrected chi connectivity index (χ0v) is 17.1. The van der Waals surface area contributed by atoms with E-state index in [1.165, 1.54) is 11.6 Å². The number of nitrogens with zero attached hydrogens (tertiary/aromatic N) is 1. The normalized spacial score (nSPS) is 15.8. The lowest BCUT2D eigenvalue weighted by Crippen LogP contribution is -2.34. The molecule has 4 nitrogen and oxygen atoms in total. The molecule has 0 saturated heterocycles. The summed E-state index contributed by atoms with van der Waals surface area (Å²) in [4.78, 5) is 16.4. The summed E-state index contributed by atoms with van der Waals surface area (Å²) in [7, 11) is 0. The van der Waals surface area contributed by atoms with Crippen LogP contribution in [0.3, 0.4) is 0 Å². The van der Waals surface area contributed by atoms with E-state index in [-0.39, 0.29) is 23.6 Å². The van der Waals surface area contributed by atoms with Crippen LogP contribution in [0.5, 0.6) is 0 Å². The van der Waals surface area contributed by atoms with E-state index >= 15 is 0 Å². The molecule has 0 saturated carbocycles. The Kier molecular flexibility index (Phi) is 5.70. The van der Waals surface area contributed by atoms with Gasteiger partial charge in [-0.2, -0.15) is 13.2 Å². The van der Waals surface area contributed by atoms with Crippen LogP contribution in [-0.2, 0) is 28.7 Å². The topological polar surface area (TPSA) is 45.3 Å². The second kappa shape index (κ2) is 8.13. The molecule has 4 rings (SSSR count). The van der Waals surface area contributed by atoms with Crippen molar-refractivity contribution >= 4 is 40.6 Å². The van der Waals surface area contributed by atoms with E-state index in [4.69, 9.17) is 27.9 Å². The molecule has 0 aliphatic carbocycles. The molecule has 3 aromatic rings. The number of nitrogens with one attached hydrogen (secondary N) is 1. The van der Waals surface area contributed by atoms with Gasteiger partial charge in [-0.05, 0) is 53.9 Å². The molecule has 0 amide bonds. The van der Waals surface area contributed by atoms with Gasteiger partial charge in [0.1, 0.15) is 6.10 Å². The second-order valence-electron chi connectivity index (χ2n) is 7.25. The first-order valence-corrected chi connectivity index (χ1v) is 9.98. The van der Waals surface area contributed by atoms with Crippen molar-refractivity contribution in [2.75, 3.05) is 13.1 Å². The van der Waals surface area contributed by atoms with Crippen LogP contribution in [0, 0.1) is 0 Å². The lowest BCUT2D eigenvalue weighted by Gasteiger charge is -2.30. The third-order valence-corrected chi connectivity index (χ3v) is 5.73. The van der Waals surface area contributed by atoms with Gasteiger partial charge in [-0.1, -0.05) is 23.2 Å². The highest BCUT2D eigenvalue weighted by Gasteiger charge is 2.32. The summed E-state index contributed by atoms with van der Waals surface area (Å²) in [5.74, 6) is 0. The third kappa shape index (κ3) is 4.29. The summed E-state index contributed by atoms with van der Waals surface area (Å²) in [6, 6.07) is 8.88. The van der Waals surface area contributed by atoms with Gasteiger partial charge in [-0.25, -0.2) is 0 Å². The van der Waals surface area contributed by atoms with Gasteiger partial charge in [0, 0.05) is 46.3 Å². The molecule has 1 unspecified atom stereocenters. The number of rotatable bonds is 5. The predicted molar refractivity (Wildman–Crippen MR) is 109 cm³/mol. The van der Waals surface area contributed by atoms with Gasteiger partial charge in [0.25, 0.3) is 6.47 Å². The lowest BCUT2D eigenvalue weighted by molar-refractivity contribution is -0.137. The van der Waals surface area contributed by atoms with Gasteiger partial charge in [-0.3, -0.25) is 9.69 Å². The molecule has 2 aromatic carbocycles. The number of H-pyrrole nitrogens is 1. The minimum Gasteiger partial charge on any atom is -0.458 e. The largest absolute Gasteiger partial charge is 0.458 e. The molecular weight excluding hydrogens is 440 g/mol. The third-order valence-electron chi connectivity index (χ3n) is 5.28. The average molecular weight is 457 g/mol. The first kappa shape index (κ1) is 21.0. The summed E-state index contributed by atoms with van der Waals surface area (Å²) in [6.07, 6.45) is -4.67. The molecule has 1 N–H and O–H groups in total. The maximum Gasteiger partial charge on any atom is 0.416 e. The van der Waals surface area contributed by atoms with Crippen LogP contribution < -0.4 is 0 Å². The van der Waals surface area contributed by atoms with Crippen molar-refractivity contribution in [1.29, 1.82) is 0 Å². The molecule has 0 spiro atoms. The van der Waals surface area contributed by atoms with Gasteiger partial charge in [-0.15, -0.1) is 0 Å². The smallest absolute Gasteiger partial charge is 0.416 e. The van der Waals surface area contributed by atoms with Crippen molar-refractivity contribution in [2.24, 2.45) is 0 Å². The molecule has 0 radical (unpaired) electrons. The summed E-state index contributed by atoms with van der Waals surface area (Å²) in [5.41, 5.74) is 2.51. The maximum absolute atomic E-state index is 13.2. The standard InChI is InChI=1S/C21H17Cl2F3N2O2/c22-14-1-2-18-17(8-14)16-3-4-28(9-19(16)27-18)10-20(30-11-29)12-5-13(21(24,25)26)7-15(23)6-12/h1-2,5-8,11,20,27H,3-4,9-10H2. The Bertz CT molecular complexity index is 1100. The van der Waals surface area contributed by atoms with Crippen LogP contribution in [0.15, 0.2) is 36.4 Å². The van der Waals surface area contributed by atoms with Gasteiger partial charge < -0.3 is 9.72 Å². The summed E-state index contributed by atoms with van der Waals surface area (Å²) in [6.45, 7) is 1.70. The van der Waals surface area contributed by atoms with Crippen molar-refractivity contribution in [3.63, 3.8) is 0 Å². The van der Waals surface area contributed by atoms with Crippen molar-refractivity contribution in [1.82, 2.24) is 9.88 Å². The van der Waals surface area contributed by atoms with E-state index in [0.29, 0.717) is 18.1 Å². The molecule has 0 bridgehead atoms. The number of halogens is 5. The average Bonchev–Trinajstić information content (AvgIpc) is 3.03. The Balaban J connectivity index is 1.58. The highest BCUT2D eigenvalue weighted by atomic mass is 35.5. The maximum atomic E-state index is 13.2. The summed E-state index contributed by atoms with van der Waals surface area (Å²) in [5, 5.41) is 1.67. The first-order valence-electron chi connectivity index (χ1n) is 9.22. The van der Waals surface area contributed by atoms with Crippen LogP contribution in [0.1, 0.15) is 28.5 Å². The number of hydrogen-bond donors (Lipinski definition) is 1. The van der Waals surface area contributed by atoms with Gasteiger partial charge in [0.2, 0.25) is 0 Å². The number of carbonyl (C=O) groups is 1. The molecule has 2 heterocycles. The molecule has 158 valence electrons. The number of benzene rings is 2. The van der Waals surface area contributed by atoms with Crippen LogP contribution >= 0.6 is 23.2 Å². The van der Waals surface area contributed by atoms with Gasteiger partial charge >= 0.3 is 6.18 Å². The van der Waals surface area contributed by atoms with Crippen LogP contribution in [0.25, 0.3) is 10.9 Å². The zero-order valence-electron chi connectivity index (χ0n) is 15.6. The molecule has 9 heteroatoms. The summed E-state index contributed by atoms with van der Waals surface area (Å²) >= 11 is 12.0. The molecule has 30 heavy (non-hydrogen) atoms. The van der Waals surface area contributed by atoms with Crippen LogP contribution in [-0.4, -0.2) is 29.4 Å². The fraction of sp³-hybridized carbons (Fsp3) is 0.286. The molecule has 0 fully saturated rings. The Morgan fingerprint density at radius 3 is 2.70 bits per heavy atom. The minimum absolute atomic E-state index is 0.0623. The fourth-order valence-corrected chi connectivity index (χ4v) is 4.33. The quantitative estimate of drug-likeness (QED) is 0.496. The summed E-state index contributed by atoms with van der Waals surface area (Å²) < 4.78 is 44.6. The number of carbonyl (C=O) groups excluding carboxylic acids is 1. The Morgan fingerprint density at radius 1 is 1.17 bits per heavy atom. The molecule has 1 aliphatic heterocycles. The van der Waals surface area contributed by atoms with Crippen LogP contribution in [0.4, 0.5) is 13.2 Å². The first-order chi connectivity index (χ1) is 14.2. The van der Waals surface area contributed by atoms with Gasteiger partial charge in [0.15, 0.2) is 0 Å². The number of aromatic amines is 1. The van der Waals surface area contributed by atoms with E-state index in [2.05, 4.69) is 4.98 Å². The van der Waals surface area contributed by atoms with Crippen molar-refractivity contribution in [2.45, 2.75) is 25.2 Å². The Hall–Kier alpha value is -2.22. The Labute approximate surface area is 180 Å². The fourth-order valence-electron chi connectivity index (χ4n) is 3.92. The zero-order chi connectivity index (χ0) is 21.5. The number of ether oxygens (including phenoxy) is 1. The van der Waals surface area contributed by atoms with E-state index in [0.717, 1.165) is 35.2 Å². The van der Waals surface area contributed by atoms with E-state index < -0.39 is 17.8 Å². The molecule has 1 aliphatic rings. The number of hydrogen-bond acceptors (Lipinski definition) is 3. The SMILES string of the molecule is O=COC(CN1CCc2c([nH]c3ccc(Cl)cc23)C1)c1cc(Cl)cc(C(F)(F)F)c1. The monoisotopic (exact) mass is 456 g/mol. The number of aromatic nitrogens is 1. The Morgan fingerprint density at radius 2 is 1.97 bits per heavy atom. The predicted octanol–water partition coefficient (Wildman–Crippen LogP) is 5.77. The van der Waals surface area contributed by atoms with Crippen molar-refractivity contribution in [3.8, 4) is 0 Å². The number of alkyl halides is 3. The van der Waals surface area contributed by atoms with E-state index in [1.807, 2.05) is 23.1 Å². The molecule has 1 aromatic heterocycles. The van der Waals surface area contributed by atoms with Crippen molar-refractivity contribution in [3.05, 3.63) is 68.8 Å². The second-order valence-corrected chi connectivity index (χ2v) is 8.12. The van der Waals surface area contributed by atoms with Gasteiger partial charge in [0.05, 0.1) is 5.56 Å². The van der Waals surface area contributed by atoms with Crippen LogP contribution in [0.2, 0.25) is 10.0 Å². The highest BCUT2D eigenvalue weighted by molar-refractivity contribution is 6.31. The minimum atomic E-state index is -4.54. The van der Waals surface area contributed by atoms with Crippen molar-refractivity contribution < 1.29 is 22.7 Å². The molecular formula is C21H17Cl2F3N2O2. The van der Waals surface area contributed by atoms with E-state index in [1.54, 1.807) is 0 Å². The van der Waals surface area contributed by atoms with E-state index in [9.17, 15) is 18.0 Å². The number of fused-ring (bicyclic) bond motifs is 3.